The maximum Gasteiger partial charge on any atom is 0.412 e. The highest BCUT2D eigenvalue weighted by atomic mass is 19.1. The van der Waals surface area contributed by atoms with Gasteiger partial charge in [0, 0.05) is 0 Å². The van der Waals surface area contributed by atoms with E-state index < -0.39 is 29.3 Å². The zero-order valence-electron chi connectivity index (χ0n) is 6.79. The van der Waals surface area contributed by atoms with Crippen molar-refractivity contribution in [2.75, 3.05) is 0 Å². The van der Waals surface area contributed by atoms with Gasteiger partial charge in [0.05, 0.1) is 0 Å². The van der Waals surface area contributed by atoms with Crippen LogP contribution in [0.2, 0.25) is 0 Å². The quantitative estimate of drug-likeness (QED) is 0.548. The Labute approximate surface area is 77.3 Å². The molecule has 0 aliphatic rings. The first-order chi connectivity index (χ1) is 6.52. The van der Waals surface area contributed by atoms with Crippen molar-refractivity contribution in [2.24, 2.45) is 5.73 Å². The summed E-state index contributed by atoms with van der Waals surface area (Å²) < 4.78 is 29.5. The Hall–Kier alpha value is -1.98. The average molecular weight is 201 g/mol. The average Bonchev–Trinajstić information content (AvgIpc) is 2.01. The van der Waals surface area contributed by atoms with Crippen LogP contribution >= 0.6 is 0 Å². The fourth-order valence-corrected chi connectivity index (χ4v) is 0.835. The smallest absolute Gasteiger partial charge is 0.373 e. The van der Waals surface area contributed by atoms with E-state index in [0.29, 0.717) is 0 Å². The fourth-order valence-electron chi connectivity index (χ4n) is 0.835. The number of nitrogens with two attached hydrogens (primary N) is 1. The number of carbonyl (C=O) groups is 2. The summed E-state index contributed by atoms with van der Waals surface area (Å²) in [5, 5.41) is 0. The van der Waals surface area contributed by atoms with E-state index in [-0.39, 0.29) is 0 Å². The Balaban J connectivity index is 3.06. The van der Waals surface area contributed by atoms with Crippen molar-refractivity contribution < 1.29 is 23.1 Å². The van der Waals surface area contributed by atoms with Gasteiger partial charge in [-0.3, -0.25) is 0 Å². The lowest BCUT2D eigenvalue weighted by Gasteiger charge is -2.01. The predicted molar refractivity (Wildman–Crippen MR) is 41.4 cm³/mol. The predicted octanol–water partition coefficient (Wildman–Crippen LogP) is 1.20. The summed E-state index contributed by atoms with van der Waals surface area (Å²) in [6, 6.07) is 2.80. The highest BCUT2D eigenvalue weighted by Crippen LogP contribution is 2.12. The lowest BCUT2D eigenvalue weighted by Crippen LogP contribution is -2.20. The number of ether oxygens (including phenoxy) is 1. The van der Waals surface area contributed by atoms with Gasteiger partial charge >= 0.3 is 12.1 Å². The van der Waals surface area contributed by atoms with Crippen LogP contribution in [-0.4, -0.2) is 12.1 Å². The van der Waals surface area contributed by atoms with Crippen LogP contribution < -0.4 is 5.73 Å². The summed E-state index contributed by atoms with van der Waals surface area (Å²) in [5.74, 6) is -3.68. The minimum Gasteiger partial charge on any atom is -0.373 e. The highest BCUT2D eigenvalue weighted by Gasteiger charge is 2.19. The molecule has 0 aromatic heterocycles. The van der Waals surface area contributed by atoms with Gasteiger partial charge in [-0.2, -0.15) is 0 Å². The lowest BCUT2D eigenvalue weighted by molar-refractivity contribution is 0.0628. The van der Waals surface area contributed by atoms with Crippen molar-refractivity contribution in [3.8, 4) is 0 Å². The molecular weight excluding hydrogens is 196 g/mol. The molecule has 0 bridgehead atoms. The highest BCUT2D eigenvalue weighted by molar-refractivity contribution is 5.96. The summed E-state index contributed by atoms with van der Waals surface area (Å²) in [6.45, 7) is 0. The van der Waals surface area contributed by atoms with E-state index in [4.69, 9.17) is 0 Å². The maximum absolute atomic E-state index is 12.9. The second kappa shape index (κ2) is 3.82. The van der Waals surface area contributed by atoms with Gasteiger partial charge in [-0.1, -0.05) is 6.07 Å². The molecule has 1 aromatic rings. The molecule has 0 fully saturated rings. The molecule has 0 radical (unpaired) electrons. The molecule has 1 rings (SSSR count). The van der Waals surface area contributed by atoms with Gasteiger partial charge in [0.1, 0.15) is 17.2 Å². The van der Waals surface area contributed by atoms with E-state index >= 15 is 0 Å². The first-order valence-electron chi connectivity index (χ1n) is 3.48. The number of benzene rings is 1. The maximum atomic E-state index is 12.9. The molecule has 1 amide bonds. The Morgan fingerprint density at radius 3 is 2.14 bits per heavy atom. The number of hydrogen-bond donors (Lipinski definition) is 1. The first-order valence-corrected chi connectivity index (χ1v) is 3.48. The molecule has 0 heterocycles. The third-order valence-corrected chi connectivity index (χ3v) is 1.36. The molecule has 0 saturated heterocycles. The zero-order chi connectivity index (χ0) is 10.7. The molecule has 2 N–H and O–H groups in total. The van der Waals surface area contributed by atoms with Gasteiger partial charge in [0.15, 0.2) is 0 Å². The second-order valence-corrected chi connectivity index (χ2v) is 2.31. The van der Waals surface area contributed by atoms with Crippen LogP contribution in [0.5, 0.6) is 0 Å². The molecular formula is C8H5F2NO3. The molecule has 1 aromatic carbocycles. The van der Waals surface area contributed by atoms with Crippen molar-refractivity contribution in [3.05, 3.63) is 35.4 Å². The van der Waals surface area contributed by atoms with Crippen molar-refractivity contribution >= 4 is 12.1 Å². The van der Waals surface area contributed by atoms with E-state index in [1.165, 1.54) is 0 Å². The van der Waals surface area contributed by atoms with Crippen molar-refractivity contribution in [3.63, 3.8) is 0 Å². The molecule has 0 spiro atoms. The molecule has 4 nitrogen and oxygen atoms in total. The van der Waals surface area contributed by atoms with E-state index in [1.807, 2.05) is 0 Å². The lowest BCUT2D eigenvalue weighted by atomic mass is 10.2. The minimum atomic E-state index is -1.45. The number of esters is 1. The topological polar surface area (TPSA) is 69.4 Å². The van der Waals surface area contributed by atoms with Gasteiger partial charge in [-0.25, -0.2) is 18.4 Å². The molecule has 14 heavy (non-hydrogen) atoms. The largest absolute Gasteiger partial charge is 0.412 e. The van der Waals surface area contributed by atoms with E-state index in [2.05, 4.69) is 10.5 Å². The number of carbonyl (C=O) groups excluding carboxylic acids is 2. The molecule has 0 unspecified atom stereocenters. The third kappa shape index (κ3) is 2.03. The van der Waals surface area contributed by atoms with Crippen LogP contribution in [0.1, 0.15) is 10.4 Å². The third-order valence-electron chi connectivity index (χ3n) is 1.36. The molecule has 74 valence electrons. The van der Waals surface area contributed by atoms with E-state index in [9.17, 15) is 18.4 Å². The number of halogens is 2. The molecule has 0 aliphatic heterocycles. The summed E-state index contributed by atoms with van der Waals surface area (Å²) in [7, 11) is 0. The molecule has 6 heteroatoms. The summed E-state index contributed by atoms with van der Waals surface area (Å²) in [5.41, 5.74) is 3.57. The monoisotopic (exact) mass is 201 g/mol. The minimum absolute atomic E-state index is 0.862. The SMILES string of the molecule is NC(=O)OC(=O)c1c(F)cccc1F. The van der Waals surface area contributed by atoms with E-state index in [1.54, 1.807) is 0 Å². The standard InChI is InChI=1S/C8H5F2NO3/c9-4-2-1-3-5(10)6(4)7(12)14-8(11)13/h1-3H,(H2,11,13). The van der Waals surface area contributed by atoms with Gasteiger partial charge in [-0.05, 0) is 12.1 Å². The fraction of sp³-hybridized carbons (Fsp3) is 0. The Morgan fingerprint density at radius 2 is 1.71 bits per heavy atom. The van der Waals surface area contributed by atoms with Crippen molar-refractivity contribution in [2.45, 2.75) is 0 Å². The Kier molecular flexibility index (Phi) is 2.76. The number of hydrogen-bond acceptors (Lipinski definition) is 3. The first kappa shape index (κ1) is 10.1. The van der Waals surface area contributed by atoms with Crippen molar-refractivity contribution in [1.29, 1.82) is 0 Å². The van der Waals surface area contributed by atoms with Crippen LogP contribution in [0, 0.1) is 11.6 Å². The Bertz CT molecular complexity index is 372. The van der Waals surface area contributed by atoms with Gasteiger partial charge < -0.3 is 10.5 Å². The van der Waals surface area contributed by atoms with Crippen LogP contribution in [0.3, 0.4) is 0 Å². The zero-order valence-corrected chi connectivity index (χ0v) is 6.79. The van der Waals surface area contributed by atoms with Crippen LogP contribution in [0.4, 0.5) is 13.6 Å². The number of rotatable bonds is 1. The van der Waals surface area contributed by atoms with Gasteiger partial charge in [0.25, 0.3) is 0 Å². The summed E-state index contributed by atoms with van der Waals surface area (Å²) in [4.78, 5) is 21.0. The second-order valence-electron chi connectivity index (χ2n) is 2.31. The van der Waals surface area contributed by atoms with Gasteiger partial charge in [-0.15, -0.1) is 0 Å². The van der Waals surface area contributed by atoms with Crippen molar-refractivity contribution in [1.82, 2.24) is 0 Å². The molecule has 0 aliphatic carbocycles. The van der Waals surface area contributed by atoms with Gasteiger partial charge in [0.2, 0.25) is 0 Å². The van der Waals surface area contributed by atoms with E-state index in [0.717, 1.165) is 18.2 Å². The van der Waals surface area contributed by atoms with Crippen LogP contribution in [0.25, 0.3) is 0 Å². The van der Waals surface area contributed by atoms with Crippen LogP contribution in [-0.2, 0) is 4.74 Å². The van der Waals surface area contributed by atoms with Crippen LogP contribution in [0.15, 0.2) is 18.2 Å². The number of primary amides is 1. The number of amides is 1. The normalized spacial score (nSPS) is 9.57. The Morgan fingerprint density at radius 1 is 1.21 bits per heavy atom. The molecule has 0 saturated carbocycles. The summed E-state index contributed by atoms with van der Waals surface area (Å²) >= 11 is 0. The summed E-state index contributed by atoms with van der Waals surface area (Å²) in [6.07, 6.45) is -1.42. The molecule has 0 atom stereocenters.